The van der Waals surface area contributed by atoms with Gasteiger partial charge in [0, 0.05) is 13.2 Å². The molecule has 0 radical (unpaired) electrons. The van der Waals surface area contributed by atoms with Gasteiger partial charge in [-0.05, 0) is 31.5 Å². The molecular weight excluding hydrogens is 318 g/mol. The first-order chi connectivity index (χ1) is 12.0. The Morgan fingerprint density at radius 3 is 2.48 bits per heavy atom. The zero-order valence-corrected chi connectivity index (χ0v) is 14.7. The zero-order valence-electron chi connectivity index (χ0n) is 14.7. The predicted octanol–water partition coefficient (Wildman–Crippen LogP) is 2.48. The van der Waals surface area contributed by atoms with Crippen molar-refractivity contribution in [3.63, 3.8) is 0 Å². The molecule has 0 aliphatic carbocycles. The molecule has 0 unspecified atom stereocenters. The first-order valence-corrected chi connectivity index (χ1v) is 8.19. The Balaban J connectivity index is 2.24. The van der Waals surface area contributed by atoms with E-state index in [-0.39, 0.29) is 30.2 Å². The van der Waals surface area contributed by atoms with Gasteiger partial charge < -0.3 is 15.4 Å². The molecule has 0 spiro atoms. The smallest absolute Gasteiger partial charge is 0.257 e. The Morgan fingerprint density at radius 1 is 1.12 bits per heavy atom. The van der Waals surface area contributed by atoms with Crippen molar-refractivity contribution in [2.24, 2.45) is 0 Å². The molecule has 0 saturated carbocycles. The van der Waals surface area contributed by atoms with Crippen LogP contribution in [0.1, 0.15) is 42.2 Å². The third kappa shape index (κ3) is 5.31. The maximum absolute atomic E-state index is 12.7. The lowest BCUT2D eigenvalue weighted by atomic mass is 10.0. The number of benzene rings is 1. The fourth-order valence-electron chi connectivity index (χ4n) is 2.34. The molecule has 6 nitrogen and oxygen atoms in total. The number of rotatable bonds is 7. The number of pyridine rings is 1. The summed E-state index contributed by atoms with van der Waals surface area (Å²) in [6.07, 6.45) is 1.62. The van der Waals surface area contributed by atoms with E-state index in [4.69, 9.17) is 4.74 Å². The lowest BCUT2D eigenvalue weighted by molar-refractivity contribution is -0.121. The summed E-state index contributed by atoms with van der Waals surface area (Å²) in [7, 11) is 1.57. The van der Waals surface area contributed by atoms with E-state index in [1.54, 1.807) is 25.4 Å². The van der Waals surface area contributed by atoms with Crippen LogP contribution in [0.3, 0.4) is 0 Å². The highest BCUT2D eigenvalue weighted by Crippen LogP contribution is 2.20. The molecule has 0 bridgehead atoms. The van der Waals surface area contributed by atoms with Gasteiger partial charge in [0.1, 0.15) is 5.56 Å². The second-order valence-corrected chi connectivity index (χ2v) is 5.84. The fourth-order valence-corrected chi connectivity index (χ4v) is 2.34. The highest BCUT2D eigenvalue weighted by Gasteiger charge is 2.21. The van der Waals surface area contributed by atoms with Gasteiger partial charge in [0.2, 0.25) is 11.8 Å². The molecule has 1 aromatic carbocycles. The van der Waals surface area contributed by atoms with Crippen LogP contribution >= 0.6 is 0 Å². The van der Waals surface area contributed by atoms with Gasteiger partial charge in [-0.15, -0.1) is 0 Å². The van der Waals surface area contributed by atoms with Crippen LogP contribution in [0.5, 0.6) is 5.88 Å². The van der Waals surface area contributed by atoms with Gasteiger partial charge in [-0.1, -0.05) is 30.3 Å². The molecule has 132 valence electrons. The Hall–Kier alpha value is -2.89. The van der Waals surface area contributed by atoms with E-state index in [0.29, 0.717) is 5.56 Å². The van der Waals surface area contributed by atoms with Crippen molar-refractivity contribution in [2.75, 3.05) is 7.05 Å². The van der Waals surface area contributed by atoms with E-state index < -0.39 is 6.04 Å². The van der Waals surface area contributed by atoms with Gasteiger partial charge in [0.15, 0.2) is 0 Å². The quantitative estimate of drug-likeness (QED) is 0.811. The van der Waals surface area contributed by atoms with Gasteiger partial charge in [0.05, 0.1) is 18.6 Å². The topological polar surface area (TPSA) is 80.3 Å². The Bertz CT molecular complexity index is 717. The standard InChI is InChI=1S/C19H23N3O3/c1-13(2)25-19-15(10-7-11-21-19)18(24)22-16(12-17(23)20-3)14-8-5-4-6-9-14/h4-11,13,16H,12H2,1-3H3,(H,20,23)(H,22,24)/t16-/m0/s1. The summed E-state index contributed by atoms with van der Waals surface area (Å²) in [4.78, 5) is 28.7. The molecule has 2 amide bonds. The number of amides is 2. The number of hydrogen-bond donors (Lipinski definition) is 2. The number of aromatic nitrogens is 1. The number of carbonyl (C=O) groups is 2. The van der Waals surface area contributed by atoms with Crippen molar-refractivity contribution in [1.82, 2.24) is 15.6 Å². The number of nitrogens with one attached hydrogen (secondary N) is 2. The first-order valence-electron chi connectivity index (χ1n) is 8.19. The molecule has 6 heteroatoms. The molecule has 2 rings (SSSR count). The second-order valence-electron chi connectivity index (χ2n) is 5.84. The normalized spacial score (nSPS) is 11.7. The summed E-state index contributed by atoms with van der Waals surface area (Å²) < 4.78 is 5.60. The fraction of sp³-hybridized carbons (Fsp3) is 0.316. The molecule has 25 heavy (non-hydrogen) atoms. The highest BCUT2D eigenvalue weighted by atomic mass is 16.5. The number of hydrogen-bond acceptors (Lipinski definition) is 4. The molecule has 2 aromatic rings. The van der Waals surface area contributed by atoms with Crippen molar-refractivity contribution >= 4 is 11.8 Å². The Morgan fingerprint density at radius 2 is 1.84 bits per heavy atom. The van der Waals surface area contributed by atoms with Gasteiger partial charge >= 0.3 is 0 Å². The molecule has 0 aliphatic heterocycles. The van der Waals surface area contributed by atoms with Crippen LogP contribution in [0.25, 0.3) is 0 Å². The van der Waals surface area contributed by atoms with Crippen LogP contribution < -0.4 is 15.4 Å². The monoisotopic (exact) mass is 341 g/mol. The van der Waals surface area contributed by atoms with E-state index in [0.717, 1.165) is 5.56 Å². The van der Waals surface area contributed by atoms with Crippen molar-refractivity contribution in [3.8, 4) is 5.88 Å². The van der Waals surface area contributed by atoms with Crippen molar-refractivity contribution < 1.29 is 14.3 Å². The predicted molar refractivity (Wildman–Crippen MR) is 95.3 cm³/mol. The summed E-state index contributed by atoms with van der Waals surface area (Å²) in [5.74, 6) is -0.206. The summed E-state index contributed by atoms with van der Waals surface area (Å²) in [6, 6.07) is 12.3. The molecule has 2 N–H and O–H groups in total. The molecule has 0 saturated heterocycles. The average molecular weight is 341 g/mol. The summed E-state index contributed by atoms with van der Waals surface area (Å²) >= 11 is 0. The molecule has 1 heterocycles. The maximum Gasteiger partial charge on any atom is 0.257 e. The highest BCUT2D eigenvalue weighted by molar-refractivity contribution is 5.96. The first kappa shape index (κ1) is 18.4. The zero-order chi connectivity index (χ0) is 18.2. The van der Waals surface area contributed by atoms with E-state index in [2.05, 4.69) is 15.6 Å². The maximum atomic E-state index is 12.7. The lowest BCUT2D eigenvalue weighted by Gasteiger charge is -2.19. The van der Waals surface area contributed by atoms with Crippen LogP contribution in [-0.4, -0.2) is 29.9 Å². The molecular formula is C19H23N3O3. The largest absolute Gasteiger partial charge is 0.474 e. The van der Waals surface area contributed by atoms with Crippen molar-refractivity contribution in [2.45, 2.75) is 32.4 Å². The van der Waals surface area contributed by atoms with Crippen LogP contribution in [0.2, 0.25) is 0 Å². The van der Waals surface area contributed by atoms with Crippen molar-refractivity contribution in [1.29, 1.82) is 0 Å². The van der Waals surface area contributed by atoms with E-state index in [1.165, 1.54) is 0 Å². The van der Waals surface area contributed by atoms with Gasteiger partial charge in [-0.25, -0.2) is 4.98 Å². The average Bonchev–Trinajstić information content (AvgIpc) is 2.61. The van der Waals surface area contributed by atoms with Crippen LogP contribution in [-0.2, 0) is 4.79 Å². The van der Waals surface area contributed by atoms with Gasteiger partial charge in [0.25, 0.3) is 5.91 Å². The molecule has 1 atom stereocenters. The van der Waals surface area contributed by atoms with Gasteiger partial charge in [-0.3, -0.25) is 9.59 Å². The number of ether oxygens (including phenoxy) is 1. The van der Waals surface area contributed by atoms with Crippen LogP contribution in [0, 0.1) is 0 Å². The minimum atomic E-state index is -0.444. The van der Waals surface area contributed by atoms with Crippen LogP contribution in [0.15, 0.2) is 48.7 Å². The lowest BCUT2D eigenvalue weighted by Crippen LogP contribution is -2.33. The number of carbonyl (C=O) groups excluding carboxylic acids is 2. The Kier molecular flexibility index (Phi) is 6.51. The van der Waals surface area contributed by atoms with Crippen molar-refractivity contribution in [3.05, 3.63) is 59.8 Å². The minimum Gasteiger partial charge on any atom is -0.474 e. The second kappa shape index (κ2) is 8.82. The van der Waals surface area contributed by atoms with Gasteiger partial charge in [-0.2, -0.15) is 0 Å². The van der Waals surface area contributed by atoms with E-state index in [9.17, 15) is 9.59 Å². The third-order valence-electron chi connectivity index (χ3n) is 3.54. The summed E-state index contributed by atoms with van der Waals surface area (Å²) in [5, 5.41) is 5.50. The third-order valence-corrected chi connectivity index (χ3v) is 3.54. The molecule has 0 aliphatic rings. The minimum absolute atomic E-state index is 0.0998. The molecule has 1 aromatic heterocycles. The summed E-state index contributed by atoms with van der Waals surface area (Å²) in [5.41, 5.74) is 1.20. The summed E-state index contributed by atoms with van der Waals surface area (Å²) in [6.45, 7) is 3.74. The van der Waals surface area contributed by atoms with Crippen LogP contribution in [0.4, 0.5) is 0 Å². The van der Waals surface area contributed by atoms with E-state index in [1.807, 2.05) is 44.2 Å². The molecule has 0 fully saturated rings. The number of nitrogens with zero attached hydrogens (tertiary/aromatic N) is 1. The van der Waals surface area contributed by atoms with E-state index >= 15 is 0 Å². The Labute approximate surface area is 147 Å². The SMILES string of the molecule is CNC(=O)C[C@H](NC(=O)c1cccnc1OC(C)C)c1ccccc1.